The zero-order valence-electron chi connectivity index (χ0n) is 24.1. The SMILES string of the molecule is COc1cc(/C=c2\sc3n(c2=O)[C@H](c2ccc(SC)cc2)C(C(=O)OC(C)C)=C(C)N=3)ccc1OCc1ccccc1. The molecule has 0 spiro atoms. The summed E-state index contributed by atoms with van der Waals surface area (Å²) in [5.41, 5.74) is 3.31. The third kappa shape index (κ3) is 6.22. The van der Waals surface area contributed by atoms with E-state index in [1.807, 2.05) is 85.1 Å². The molecule has 0 bridgehead atoms. The van der Waals surface area contributed by atoms with Gasteiger partial charge in [0.15, 0.2) is 16.3 Å². The number of benzene rings is 3. The largest absolute Gasteiger partial charge is 0.493 e. The Balaban J connectivity index is 1.55. The van der Waals surface area contributed by atoms with Gasteiger partial charge in [0.2, 0.25) is 0 Å². The lowest BCUT2D eigenvalue weighted by Gasteiger charge is -2.25. The lowest BCUT2D eigenvalue weighted by Crippen LogP contribution is -2.40. The normalized spacial score (nSPS) is 14.9. The zero-order chi connectivity index (χ0) is 29.8. The molecule has 3 aromatic carbocycles. The molecule has 0 radical (unpaired) electrons. The average molecular weight is 601 g/mol. The summed E-state index contributed by atoms with van der Waals surface area (Å²) in [6, 6.07) is 22.7. The van der Waals surface area contributed by atoms with Crippen molar-refractivity contribution in [1.82, 2.24) is 4.57 Å². The molecule has 5 rings (SSSR count). The van der Waals surface area contributed by atoms with Gasteiger partial charge >= 0.3 is 5.97 Å². The number of hydrogen-bond donors (Lipinski definition) is 0. The maximum atomic E-state index is 13.9. The highest BCUT2D eigenvalue weighted by atomic mass is 32.2. The molecular weight excluding hydrogens is 569 g/mol. The second-order valence-corrected chi connectivity index (χ2v) is 11.9. The summed E-state index contributed by atoms with van der Waals surface area (Å²) in [6.07, 6.45) is 3.51. The summed E-state index contributed by atoms with van der Waals surface area (Å²) in [5.74, 6) is 0.696. The van der Waals surface area contributed by atoms with E-state index in [4.69, 9.17) is 14.2 Å². The molecule has 7 nitrogen and oxygen atoms in total. The monoisotopic (exact) mass is 600 g/mol. The molecular formula is C33H32N2O5S2. The van der Waals surface area contributed by atoms with Crippen molar-refractivity contribution >= 4 is 35.1 Å². The second kappa shape index (κ2) is 12.8. The molecule has 1 aromatic heterocycles. The number of rotatable bonds is 9. The fraction of sp³-hybridized carbons (Fsp3) is 0.242. The van der Waals surface area contributed by atoms with Crippen LogP contribution in [-0.4, -0.2) is 30.0 Å². The van der Waals surface area contributed by atoms with E-state index in [1.54, 1.807) is 44.2 Å². The molecule has 0 aliphatic carbocycles. The zero-order valence-corrected chi connectivity index (χ0v) is 25.8. The number of nitrogens with zero attached hydrogens (tertiary/aromatic N) is 2. The summed E-state index contributed by atoms with van der Waals surface area (Å²) in [4.78, 5) is 33.5. The molecule has 1 atom stereocenters. The van der Waals surface area contributed by atoms with Crippen molar-refractivity contribution in [2.24, 2.45) is 4.99 Å². The summed E-state index contributed by atoms with van der Waals surface area (Å²) in [6.45, 7) is 5.80. The van der Waals surface area contributed by atoms with Crippen LogP contribution >= 0.6 is 23.1 Å². The highest BCUT2D eigenvalue weighted by Crippen LogP contribution is 2.32. The molecule has 0 saturated heterocycles. The van der Waals surface area contributed by atoms with E-state index in [9.17, 15) is 9.59 Å². The predicted molar refractivity (Wildman–Crippen MR) is 167 cm³/mol. The third-order valence-electron chi connectivity index (χ3n) is 6.74. The molecule has 1 aliphatic heterocycles. The van der Waals surface area contributed by atoms with Crippen molar-refractivity contribution in [1.29, 1.82) is 0 Å². The van der Waals surface area contributed by atoms with Crippen molar-refractivity contribution in [2.45, 2.75) is 44.4 Å². The van der Waals surface area contributed by atoms with Crippen LogP contribution in [-0.2, 0) is 16.1 Å². The summed E-state index contributed by atoms with van der Waals surface area (Å²) in [7, 11) is 1.59. The molecule has 2 heterocycles. The van der Waals surface area contributed by atoms with Gasteiger partial charge in [0.25, 0.3) is 5.56 Å². The quantitative estimate of drug-likeness (QED) is 0.187. The Labute approximate surface area is 252 Å². The van der Waals surface area contributed by atoms with Crippen LogP contribution < -0.4 is 24.4 Å². The molecule has 0 amide bonds. The number of carbonyl (C=O) groups excluding carboxylic acids is 1. The van der Waals surface area contributed by atoms with Crippen LogP contribution in [0.4, 0.5) is 0 Å². The number of carbonyl (C=O) groups is 1. The first-order chi connectivity index (χ1) is 20.3. The number of hydrogen-bond acceptors (Lipinski definition) is 8. The number of allylic oxidation sites excluding steroid dienone is 1. The van der Waals surface area contributed by atoms with E-state index < -0.39 is 12.0 Å². The lowest BCUT2D eigenvalue weighted by molar-refractivity contribution is -0.143. The first-order valence-corrected chi connectivity index (χ1v) is 15.6. The number of thioether (sulfide) groups is 1. The van der Waals surface area contributed by atoms with Crippen LogP contribution in [0, 0.1) is 0 Å². The van der Waals surface area contributed by atoms with Crippen LogP contribution in [0.2, 0.25) is 0 Å². The number of thiazole rings is 1. The Kier molecular flexibility index (Phi) is 8.99. The Bertz CT molecular complexity index is 1810. The van der Waals surface area contributed by atoms with Gasteiger partial charge in [0, 0.05) is 4.90 Å². The summed E-state index contributed by atoms with van der Waals surface area (Å²) in [5, 5.41) is 0. The number of methoxy groups -OCH3 is 1. The minimum Gasteiger partial charge on any atom is -0.493 e. The minimum absolute atomic E-state index is 0.233. The van der Waals surface area contributed by atoms with E-state index in [2.05, 4.69) is 4.99 Å². The van der Waals surface area contributed by atoms with Crippen LogP contribution in [0.15, 0.2) is 98.7 Å². The molecule has 9 heteroatoms. The van der Waals surface area contributed by atoms with E-state index in [1.165, 1.54) is 11.3 Å². The maximum Gasteiger partial charge on any atom is 0.338 e. The average Bonchev–Trinajstić information content (AvgIpc) is 3.29. The molecule has 0 fully saturated rings. The Hall–Kier alpha value is -4.08. The number of aromatic nitrogens is 1. The smallest absolute Gasteiger partial charge is 0.338 e. The van der Waals surface area contributed by atoms with Gasteiger partial charge in [-0.1, -0.05) is 59.9 Å². The predicted octanol–water partition coefficient (Wildman–Crippen LogP) is 5.50. The lowest BCUT2D eigenvalue weighted by atomic mass is 9.96. The molecule has 0 N–H and O–H groups in total. The molecule has 4 aromatic rings. The molecule has 0 unspecified atom stereocenters. The van der Waals surface area contributed by atoms with Gasteiger partial charge < -0.3 is 14.2 Å². The molecule has 0 saturated carbocycles. The van der Waals surface area contributed by atoms with Gasteiger partial charge in [0.05, 0.1) is 35.1 Å². The van der Waals surface area contributed by atoms with Crippen molar-refractivity contribution in [2.75, 3.05) is 13.4 Å². The standard InChI is InChI=1S/C33H32N2O5S2/c1-20(2)40-32(37)29-21(3)34-33-35(30(29)24-12-14-25(41-5)15-13-24)31(36)28(42-33)18-23-11-16-26(27(17-23)38-4)39-19-22-9-7-6-8-10-22/h6-18,20,30H,19H2,1-5H3/b28-18-/t30-/m1/s1. The topological polar surface area (TPSA) is 79.1 Å². The minimum atomic E-state index is -0.658. The van der Waals surface area contributed by atoms with Crippen molar-refractivity contribution < 1.29 is 19.0 Å². The fourth-order valence-corrected chi connectivity index (χ4v) is 6.20. The summed E-state index contributed by atoms with van der Waals surface area (Å²) >= 11 is 2.91. The van der Waals surface area contributed by atoms with Gasteiger partial charge in [-0.15, -0.1) is 11.8 Å². The van der Waals surface area contributed by atoms with Crippen LogP contribution in [0.5, 0.6) is 11.5 Å². The second-order valence-electron chi connectivity index (χ2n) is 9.99. The van der Waals surface area contributed by atoms with Gasteiger partial charge in [-0.05, 0) is 74.1 Å². The van der Waals surface area contributed by atoms with Crippen LogP contribution in [0.25, 0.3) is 6.08 Å². The fourth-order valence-electron chi connectivity index (χ4n) is 4.74. The first kappa shape index (κ1) is 29.4. The number of esters is 1. The van der Waals surface area contributed by atoms with Crippen molar-refractivity contribution in [3.8, 4) is 11.5 Å². The van der Waals surface area contributed by atoms with Gasteiger partial charge in [-0.25, -0.2) is 9.79 Å². The van der Waals surface area contributed by atoms with Gasteiger partial charge in [-0.3, -0.25) is 9.36 Å². The number of ether oxygens (including phenoxy) is 3. The van der Waals surface area contributed by atoms with E-state index >= 15 is 0 Å². The Morgan fingerprint density at radius 3 is 2.48 bits per heavy atom. The Morgan fingerprint density at radius 1 is 1.07 bits per heavy atom. The highest BCUT2D eigenvalue weighted by Gasteiger charge is 2.33. The Morgan fingerprint density at radius 2 is 1.81 bits per heavy atom. The van der Waals surface area contributed by atoms with E-state index in [0.29, 0.717) is 38.7 Å². The maximum absolute atomic E-state index is 13.9. The first-order valence-electron chi connectivity index (χ1n) is 13.5. The number of fused-ring (bicyclic) bond motifs is 1. The molecule has 1 aliphatic rings. The van der Waals surface area contributed by atoms with Crippen LogP contribution in [0.1, 0.15) is 43.5 Å². The van der Waals surface area contributed by atoms with Crippen molar-refractivity contribution in [3.63, 3.8) is 0 Å². The van der Waals surface area contributed by atoms with Crippen molar-refractivity contribution in [3.05, 3.63) is 120 Å². The van der Waals surface area contributed by atoms with Crippen LogP contribution in [0.3, 0.4) is 0 Å². The van der Waals surface area contributed by atoms with E-state index in [-0.39, 0.29) is 11.7 Å². The highest BCUT2D eigenvalue weighted by molar-refractivity contribution is 7.98. The van der Waals surface area contributed by atoms with Gasteiger partial charge in [0.1, 0.15) is 6.61 Å². The van der Waals surface area contributed by atoms with E-state index in [0.717, 1.165) is 21.6 Å². The van der Waals surface area contributed by atoms with Gasteiger partial charge in [-0.2, -0.15) is 0 Å². The molecule has 216 valence electrons. The molecule has 42 heavy (non-hydrogen) atoms. The summed E-state index contributed by atoms with van der Waals surface area (Å²) < 4.78 is 19.3. The third-order valence-corrected chi connectivity index (χ3v) is 8.46.